The lowest BCUT2D eigenvalue weighted by atomic mass is 10.0. The largest absolute Gasteiger partial charge is 0.423 e. The van der Waals surface area contributed by atoms with Crippen molar-refractivity contribution >= 4 is 5.91 Å². The molecule has 0 radical (unpaired) electrons. The third-order valence-electron chi connectivity index (χ3n) is 5.31. The van der Waals surface area contributed by atoms with Crippen molar-refractivity contribution in [1.82, 2.24) is 15.5 Å². The van der Waals surface area contributed by atoms with Gasteiger partial charge in [0, 0.05) is 23.2 Å². The minimum atomic E-state index is -0.0859. The number of piperidine rings is 1. The van der Waals surface area contributed by atoms with Crippen LogP contribution in [-0.2, 0) is 13.1 Å². The molecule has 2 heterocycles. The number of nitrogens with one attached hydrogen (secondary N) is 2. The van der Waals surface area contributed by atoms with Crippen molar-refractivity contribution < 1.29 is 14.1 Å². The Morgan fingerprint density at radius 1 is 1.00 bits per heavy atom. The van der Waals surface area contributed by atoms with Gasteiger partial charge in [0.15, 0.2) is 0 Å². The SMILES string of the molecule is O=C(NCc1ccccc1C[NH+]1CCCCC1)c1ccc(-c2nnco2)cc1. The number of aromatic nitrogens is 2. The molecule has 0 saturated carbocycles. The average Bonchev–Trinajstić information content (AvgIpc) is 3.29. The fourth-order valence-electron chi connectivity index (χ4n) is 3.74. The molecule has 4 rings (SSSR count). The summed E-state index contributed by atoms with van der Waals surface area (Å²) in [6, 6.07) is 15.6. The summed E-state index contributed by atoms with van der Waals surface area (Å²) in [4.78, 5) is 14.2. The molecule has 144 valence electrons. The molecular formula is C22H25N4O2+. The predicted molar refractivity (Wildman–Crippen MR) is 106 cm³/mol. The molecule has 0 atom stereocenters. The van der Waals surface area contributed by atoms with Crippen molar-refractivity contribution in [3.8, 4) is 11.5 Å². The molecular weight excluding hydrogens is 352 g/mol. The van der Waals surface area contributed by atoms with E-state index < -0.39 is 0 Å². The van der Waals surface area contributed by atoms with Crippen LogP contribution in [0.15, 0.2) is 59.3 Å². The predicted octanol–water partition coefficient (Wildman–Crippen LogP) is 2.24. The molecule has 1 saturated heterocycles. The van der Waals surface area contributed by atoms with E-state index in [9.17, 15) is 4.79 Å². The molecule has 2 N–H and O–H groups in total. The van der Waals surface area contributed by atoms with Crippen LogP contribution >= 0.6 is 0 Å². The van der Waals surface area contributed by atoms with Crippen LogP contribution in [0.3, 0.4) is 0 Å². The fraction of sp³-hybridized carbons (Fsp3) is 0.318. The van der Waals surface area contributed by atoms with Crippen LogP contribution in [-0.4, -0.2) is 29.2 Å². The van der Waals surface area contributed by atoms with Crippen molar-refractivity contribution in [3.63, 3.8) is 0 Å². The molecule has 28 heavy (non-hydrogen) atoms. The molecule has 6 nitrogen and oxygen atoms in total. The maximum absolute atomic E-state index is 12.5. The number of hydrogen-bond acceptors (Lipinski definition) is 4. The van der Waals surface area contributed by atoms with Crippen LogP contribution in [0, 0.1) is 0 Å². The van der Waals surface area contributed by atoms with Gasteiger partial charge in [-0.1, -0.05) is 24.3 Å². The monoisotopic (exact) mass is 377 g/mol. The van der Waals surface area contributed by atoms with Crippen molar-refractivity contribution in [2.24, 2.45) is 0 Å². The zero-order valence-corrected chi connectivity index (χ0v) is 15.9. The molecule has 1 fully saturated rings. The minimum Gasteiger partial charge on any atom is -0.423 e. The van der Waals surface area contributed by atoms with Gasteiger partial charge in [0.25, 0.3) is 5.91 Å². The number of rotatable bonds is 6. The lowest BCUT2D eigenvalue weighted by Crippen LogP contribution is -3.11. The number of amides is 1. The number of carbonyl (C=O) groups excluding carboxylic acids is 1. The van der Waals surface area contributed by atoms with E-state index in [2.05, 4.69) is 33.7 Å². The molecule has 1 amide bonds. The Hall–Kier alpha value is -2.99. The van der Waals surface area contributed by atoms with E-state index in [1.807, 2.05) is 18.2 Å². The second-order valence-corrected chi connectivity index (χ2v) is 7.26. The third-order valence-corrected chi connectivity index (χ3v) is 5.31. The van der Waals surface area contributed by atoms with Crippen molar-refractivity contribution in [2.75, 3.05) is 13.1 Å². The fourth-order valence-corrected chi connectivity index (χ4v) is 3.74. The summed E-state index contributed by atoms with van der Waals surface area (Å²) in [7, 11) is 0. The second kappa shape index (κ2) is 8.80. The van der Waals surface area contributed by atoms with E-state index in [1.165, 1.54) is 49.9 Å². The van der Waals surface area contributed by atoms with Gasteiger partial charge in [-0.3, -0.25) is 4.79 Å². The first kappa shape index (κ1) is 18.4. The highest BCUT2D eigenvalue weighted by Gasteiger charge is 2.16. The first-order valence-corrected chi connectivity index (χ1v) is 9.85. The molecule has 0 unspecified atom stereocenters. The number of carbonyl (C=O) groups is 1. The summed E-state index contributed by atoms with van der Waals surface area (Å²) >= 11 is 0. The first-order chi connectivity index (χ1) is 13.8. The molecule has 1 aliphatic rings. The van der Waals surface area contributed by atoms with E-state index in [-0.39, 0.29) is 5.91 Å². The van der Waals surface area contributed by atoms with E-state index in [4.69, 9.17) is 4.42 Å². The van der Waals surface area contributed by atoms with Gasteiger partial charge in [-0.2, -0.15) is 0 Å². The average molecular weight is 377 g/mol. The zero-order valence-electron chi connectivity index (χ0n) is 15.9. The highest BCUT2D eigenvalue weighted by Crippen LogP contribution is 2.17. The number of benzene rings is 2. The summed E-state index contributed by atoms with van der Waals surface area (Å²) < 4.78 is 5.18. The smallest absolute Gasteiger partial charge is 0.251 e. The van der Waals surface area contributed by atoms with Gasteiger partial charge >= 0.3 is 0 Å². The maximum Gasteiger partial charge on any atom is 0.251 e. The van der Waals surface area contributed by atoms with Crippen LogP contribution in [0.25, 0.3) is 11.5 Å². The van der Waals surface area contributed by atoms with Crippen LogP contribution in [0.2, 0.25) is 0 Å². The summed E-state index contributed by atoms with van der Waals surface area (Å²) in [6.45, 7) is 4.05. The topological polar surface area (TPSA) is 72.5 Å². The highest BCUT2D eigenvalue weighted by atomic mass is 16.4. The second-order valence-electron chi connectivity index (χ2n) is 7.26. The first-order valence-electron chi connectivity index (χ1n) is 9.85. The molecule has 0 spiro atoms. The number of nitrogens with zero attached hydrogens (tertiary/aromatic N) is 2. The molecule has 2 aromatic carbocycles. The van der Waals surface area contributed by atoms with E-state index >= 15 is 0 Å². The summed E-state index contributed by atoms with van der Waals surface area (Å²) in [5.74, 6) is 0.360. The summed E-state index contributed by atoms with van der Waals surface area (Å²) in [5.41, 5.74) is 3.93. The highest BCUT2D eigenvalue weighted by molar-refractivity contribution is 5.94. The molecule has 1 aliphatic heterocycles. The van der Waals surface area contributed by atoms with Crippen molar-refractivity contribution in [3.05, 3.63) is 71.6 Å². The van der Waals surface area contributed by atoms with Crippen molar-refractivity contribution in [2.45, 2.75) is 32.4 Å². The van der Waals surface area contributed by atoms with Crippen LogP contribution in [0.1, 0.15) is 40.7 Å². The Morgan fingerprint density at radius 3 is 2.46 bits per heavy atom. The molecule has 3 aromatic rings. The van der Waals surface area contributed by atoms with Gasteiger partial charge in [-0.15, -0.1) is 10.2 Å². The van der Waals surface area contributed by atoms with E-state index in [0.29, 0.717) is 18.0 Å². The maximum atomic E-state index is 12.5. The van der Waals surface area contributed by atoms with E-state index in [0.717, 1.165) is 12.1 Å². The Bertz CT molecular complexity index is 901. The Balaban J connectivity index is 1.38. The van der Waals surface area contributed by atoms with Crippen LogP contribution in [0.4, 0.5) is 0 Å². The number of hydrogen-bond donors (Lipinski definition) is 2. The Labute approximate surface area is 164 Å². The van der Waals surface area contributed by atoms with Gasteiger partial charge in [0.2, 0.25) is 12.3 Å². The summed E-state index contributed by atoms with van der Waals surface area (Å²) in [5, 5.41) is 10.6. The quantitative estimate of drug-likeness (QED) is 0.691. The van der Waals surface area contributed by atoms with E-state index in [1.54, 1.807) is 17.0 Å². The zero-order chi connectivity index (χ0) is 19.2. The van der Waals surface area contributed by atoms with Crippen LogP contribution in [0.5, 0.6) is 0 Å². The lowest BCUT2D eigenvalue weighted by Gasteiger charge is -2.24. The molecule has 0 bridgehead atoms. The lowest BCUT2D eigenvalue weighted by molar-refractivity contribution is -0.918. The van der Waals surface area contributed by atoms with Crippen LogP contribution < -0.4 is 10.2 Å². The molecule has 1 aromatic heterocycles. The normalized spacial score (nSPS) is 14.7. The standard InChI is InChI=1S/C22H24N4O2/c27-21(17-8-10-18(11-9-17)22-25-24-16-28-22)23-14-19-6-2-3-7-20(19)15-26-12-4-1-5-13-26/h2-3,6-11,16H,1,4-5,12-15H2,(H,23,27)/p+1. The van der Waals surface area contributed by atoms with Gasteiger partial charge in [0.1, 0.15) is 6.54 Å². The van der Waals surface area contributed by atoms with Gasteiger partial charge in [-0.05, 0) is 49.1 Å². The number of quaternary nitrogens is 1. The molecule has 6 heteroatoms. The van der Waals surface area contributed by atoms with Gasteiger partial charge < -0.3 is 14.6 Å². The summed E-state index contributed by atoms with van der Waals surface area (Å²) in [6.07, 6.45) is 5.27. The number of likely N-dealkylation sites (tertiary alicyclic amines) is 1. The Kier molecular flexibility index (Phi) is 5.77. The van der Waals surface area contributed by atoms with Gasteiger partial charge in [-0.25, -0.2) is 0 Å². The Morgan fingerprint density at radius 2 is 1.75 bits per heavy atom. The van der Waals surface area contributed by atoms with Gasteiger partial charge in [0.05, 0.1) is 13.1 Å². The third kappa shape index (κ3) is 4.46. The minimum absolute atomic E-state index is 0.0859. The molecule has 0 aliphatic carbocycles. The van der Waals surface area contributed by atoms with Crippen molar-refractivity contribution in [1.29, 1.82) is 0 Å².